The second-order valence-electron chi connectivity index (χ2n) is 10.1. The van der Waals surface area contributed by atoms with Crippen LogP contribution in [0.5, 0.6) is 0 Å². The summed E-state index contributed by atoms with van der Waals surface area (Å²) in [6.07, 6.45) is -3.71. The van der Waals surface area contributed by atoms with E-state index in [4.69, 9.17) is 9.05 Å². The van der Waals surface area contributed by atoms with E-state index in [1.807, 2.05) is 18.2 Å². The highest BCUT2D eigenvalue weighted by Gasteiger charge is 2.54. The average Bonchev–Trinajstić information content (AvgIpc) is 3.59. The Balaban J connectivity index is 1.17. The van der Waals surface area contributed by atoms with Crippen molar-refractivity contribution in [3.63, 3.8) is 0 Å². The van der Waals surface area contributed by atoms with Gasteiger partial charge in [-0.2, -0.15) is 13.2 Å². The van der Waals surface area contributed by atoms with Gasteiger partial charge in [-0.15, -0.1) is 0 Å². The third kappa shape index (κ3) is 3.74. The lowest BCUT2D eigenvalue weighted by Crippen LogP contribution is -2.70. The van der Waals surface area contributed by atoms with Crippen molar-refractivity contribution in [1.29, 1.82) is 0 Å². The summed E-state index contributed by atoms with van der Waals surface area (Å²) >= 11 is 0. The molecule has 2 N–H and O–H groups in total. The van der Waals surface area contributed by atoms with E-state index < -0.39 is 23.3 Å². The monoisotopic (exact) mass is 535 g/mol. The Morgan fingerprint density at radius 1 is 0.949 bits per heavy atom. The van der Waals surface area contributed by atoms with E-state index in [9.17, 15) is 22.8 Å². The van der Waals surface area contributed by atoms with Gasteiger partial charge in [0.05, 0.1) is 0 Å². The van der Waals surface area contributed by atoms with Crippen LogP contribution >= 0.6 is 0 Å². The zero-order valence-corrected chi connectivity index (χ0v) is 20.3. The molecule has 2 aliphatic heterocycles. The summed E-state index contributed by atoms with van der Waals surface area (Å²) in [4.78, 5) is 25.6. The number of benzene rings is 2. The van der Waals surface area contributed by atoms with E-state index >= 15 is 0 Å². The molecular formula is C27H20F3N5O4. The molecule has 2 fully saturated rings. The van der Waals surface area contributed by atoms with Gasteiger partial charge in [-0.3, -0.25) is 15.0 Å². The highest BCUT2D eigenvalue weighted by molar-refractivity contribution is 6.08. The van der Waals surface area contributed by atoms with E-state index in [1.54, 1.807) is 18.2 Å². The Kier molecular flexibility index (Phi) is 5.02. The van der Waals surface area contributed by atoms with Crippen molar-refractivity contribution >= 4 is 11.9 Å². The molecule has 39 heavy (non-hydrogen) atoms. The minimum Gasteiger partial charge on any atom is -0.355 e. The number of alkyl halides is 3. The molecule has 1 aliphatic carbocycles. The fraction of sp³-hybridized carbons (Fsp3) is 0.259. The maximum Gasteiger partial charge on any atom is 0.422 e. The highest BCUT2D eigenvalue weighted by atomic mass is 19.4. The van der Waals surface area contributed by atoms with Crippen molar-refractivity contribution in [3.8, 4) is 34.0 Å². The number of aromatic nitrogens is 2. The number of carbonyl (C=O) groups is 2. The van der Waals surface area contributed by atoms with Crippen LogP contribution in [0.1, 0.15) is 22.3 Å². The highest BCUT2D eigenvalue weighted by Crippen LogP contribution is 2.46. The van der Waals surface area contributed by atoms with Crippen LogP contribution in [0.4, 0.5) is 18.0 Å². The molecule has 198 valence electrons. The standard InChI is InChI=1S/C27H20F3N5O4/c28-27(29,30)19-21(34-38-22(19)15-4-2-1-3-5-15)20-18-9-7-16-10-14(6-8-17(16)23(18)39-33-20)11-35-12-26(13-35)24(36)31-25(37)32-26/h1-6,8,10H,7,9,11-13H2,(H2,31,32,36,37). The van der Waals surface area contributed by atoms with Crippen LogP contribution in [-0.2, 0) is 30.4 Å². The minimum atomic E-state index is -4.72. The second-order valence-corrected chi connectivity index (χ2v) is 10.1. The van der Waals surface area contributed by atoms with Crippen LogP contribution in [0.2, 0.25) is 0 Å². The Morgan fingerprint density at radius 3 is 2.41 bits per heavy atom. The molecule has 0 radical (unpaired) electrons. The maximum absolute atomic E-state index is 14.2. The number of urea groups is 1. The lowest BCUT2D eigenvalue weighted by Gasteiger charge is -2.45. The average molecular weight is 535 g/mol. The molecule has 0 unspecified atom stereocenters. The molecule has 2 aromatic heterocycles. The van der Waals surface area contributed by atoms with Gasteiger partial charge in [-0.25, -0.2) is 4.79 Å². The van der Waals surface area contributed by atoms with Gasteiger partial charge in [0.25, 0.3) is 5.91 Å². The third-order valence-electron chi connectivity index (χ3n) is 7.49. The van der Waals surface area contributed by atoms with Gasteiger partial charge < -0.3 is 14.4 Å². The van der Waals surface area contributed by atoms with Crippen LogP contribution in [0, 0.1) is 0 Å². The molecule has 12 heteroatoms. The molecule has 0 atom stereocenters. The number of halogens is 3. The van der Waals surface area contributed by atoms with Gasteiger partial charge in [-0.05, 0) is 24.0 Å². The van der Waals surface area contributed by atoms with Crippen LogP contribution in [0.15, 0.2) is 57.6 Å². The number of fused-ring (bicyclic) bond motifs is 3. The number of carbonyl (C=O) groups excluding carboxylic acids is 2. The summed E-state index contributed by atoms with van der Waals surface area (Å²) in [5, 5.41) is 12.8. The molecule has 1 spiro atoms. The van der Waals surface area contributed by atoms with Gasteiger partial charge in [0.1, 0.15) is 22.5 Å². The summed E-state index contributed by atoms with van der Waals surface area (Å²) in [6.45, 7) is 1.42. The van der Waals surface area contributed by atoms with E-state index in [0.717, 1.165) is 16.7 Å². The Morgan fingerprint density at radius 2 is 1.69 bits per heavy atom. The first-order valence-corrected chi connectivity index (χ1v) is 12.3. The first kappa shape index (κ1) is 23.7. The van der Waals surface area contributed by atoms with Crippen LogP contribution in [-0.4, -0.2) is 45.8 Å². The van der Waals surface area contributed by atoms with Gasteiger partial charge in [0.15, 0.2) is 11.5 Å². The first-order valence-electron chi connectivity index (χ1n) is 12.3. The number of hydrogen-bond acceptors (Lipinski definition) is 7. The zero-order chi connectivity index (χ0) is 26.9. The molecule has 7 rings (SSSR count). The Hall–Kier alpha value is -4.45. The molecule has 3 amide bonds. The normalized spacial score (nSPS) is 17.9. The first-order chi connectivity index (χ1) is 18.7. The van der Waals surface area contributed by atoms with E-state index in [0.29, 0.717) is 43.8 Å². The number of likely N-dealkylation sites (tertiary alicyclic amines) is 1. The predicted molar refractivity (Wildman–Crippen MR) is 130 cm³/mol. The van der Waals surface area contributed by atoms with Crippen molar-refractivity contribution in [2.45, 2.75) is 31.1 Å². The molecule has 4 heterocycles. The molecular weight excluding hydrogens is 515 g/mol. The van der Waals surface area contributed by atoms with Gasteiger partial charge >= 0.3 is 12.2 Å². The van der Waals surface area contributed by atoms with Crippen LogP contribution in [0.25, 0.3) is 34.0 Å². The molecule has 2 saturated heterocycles. The molecule has 0 saturated carbocycles. The maximum atomic E-state index is 14.2. The minimum absolute atomic E-state index is 0.0285. The summed E-state index contributed by atoms with van der Waals surface area (Å²) in [5.74, 6) is -0.249. The van der Waals surface area contributed by atoms with Crippen molar-refractivity contribution in [1.82, 2.24) is 25.8 Å². The SMILES string of the molecule is O=C1NC(=O)C2(CN(Cc3ccc4c(c3)CCc3c(-c5noc(-c6ccccc6)c5C(F)(F)F)noc3-4)C2)N1. The van der Waals surface area contributed by atoms with E-state index in [1.165, 1.54) is 12.1 Å². The number of imide groups is 1. The Labute approximate surface area is 218 Å². The van der Waals surface area contributed by atoms with E-state index in [2.05, 4.69) is 25.8 Å². The summed E-state index contributed by atoms with van der Waals surface area (Å²) in [6, 6.07) is 13.4. The number of nitrogens with zero attached hydrogens (tertiary/aromatic N) is 3. The quantitative estimate of drug-likeness (QED) is 0.377. The number of hydrogen-bond donors (Lipinski definition) is 2. The topological polar surface area (TPSA) is 114 Å². The van der Waals surface area contributed by atoms with Crippen LogP contribution < -0.4 is 10.6 Å². The predicted octanol–water partition coefficient (Wildman–Crippen LogP) is 4.17. The lowest BCUT2D eigenvalue weighted by molar-refractivity contribution is -0.136. The number of rotatable bonds is 4. The number of aryl methyl sites for hydroxylation is 1. The molecule has 0 bridgehead atoms. The van der Waals surface area contributed by atoms with E-state index in [-0.39, 0.29) is 28.6 Å². The van der Waals surface area contributed by atoms with Crippen molar-refractivity contribution in [2.24, 2.45) is 0 Å². The molecule has 9 nitrogen and oxygen atoms in total. The summed E-state index contributed by atoms with van der Waals surface area (Å²) in [7, 11) is 0. The summed E-state index contributed by atoms with van der Waals surface area (Å²) < 4.78 is 53.4. The number of nitrogens with one attached hydrogen (secondary N) is 2. The largest absolute Gasteiger partial charge is 0.422 e. The smallest absolute Gasteiger partial charge is 0.355 e. The second kappa shape index (κ2) is 8.27. The molecule has 2 aromatic carbocycles. The molecule has 4 aromatic rings. The van der Waals surface area contributed by atoms with Gasteiger partial charge in [0, 0.05) is 36.3 Å². The number of amides is 3. The van der Waals surface area contributed by atoms with Gasteiger partial charge in [0.2, 0.25) is 0 Å². The fourth-order valence-electron chi connectivity index (χ4n) is 5.71. The zero-order valence-electron chi connectivity index (χ0n) is 20.3. The van der Waals surface area contributed by atoms with Crippen molar-refractivity contribution in [2.75, 3.05) is 13.1 Å². The Bertz CT molecular complexity index is 1640. The van der Waals surface area contributed by atoms with Crippen molar-refractivity contribution in [3.05, 3.63) is 70.8 Å². The van der Waals surface area contributed by atoms with Gasteiger partial charge in [-0.1, -0.05) is 58.8 Å². The summed E-state index contributed by atoms with van der Waals surface area (Å²) in [5.41, 5.74) is 1.40. The van der Waals surface area contributed by atoms with Crippen LogP contribution in [0.3, 0.4) is 0 Å². The fourth-order valence-corrected chi connectivity index (χ4v) is 5.71. The third-order valence-corrected chi connectivity index (χ3v) is 7.49. The van der Waals surface area contributed by atoms with Crippen molar-refractivity contribution < 1.29 is 31.8 Å². The lowest BCUT2D eigenvalue weighted by atomic mass is 9.86. The molecule has 3 aliphatic rings.